The molecule has 0 bridgehead atoms. The van der Waals surface area contributed by atoms with Gasteiger partial charge in [-0.25, -0.2) is 4.79 Å². The molecule has 21 heavy (non-hydrogen) atoms. The van der Waals surface area contributed by atoms with Crippen molar-refractivity contribution in [2.45, 2.75) is 33.2 Å². The average molecular weight is 288 g/mol. The van der Waals surface area contributed by atoms with Crippen molar-refractivity contribution in [3.63, 3.8) is 0 Å². The van der Waals surface area contributed by atoms with Gasteiger partial charge in [0.05, 0.1) is 0 Å². The number of nitrogens with one attached hydrogen (secondary N) is 1. The van der Waals surface area contributed by atoms with Crippen molar-refractivity contribution in [3.8, 4) is 0 Å². The summed E-state index contributed by atoms with van der Waals surface area (Å²) < 4.78 is 0. The van der Waals surface area contributed by atoms with Crippen LogP contribution >= 0.6 is 0 Å². The van der Waals surface area contributed by atoms with Crippen molar-refractivity contribution >= 4 is 17.8 Å². The molecule has 0 aromatic heterocycles. The number of urea groups is 1. The number of benzene rings is 1. The molecular formula is C16H20N2O3. The summed E-state index contributed by atoms with van der Waals surface area (Å²) in [6, 6.07) is 8.74. The van der Waals surface area contributed by atoms with Crippen LogP contribution in [0, 0.1) is 11.8 Å². The summed E-state index contributed by atoms with van der Waals surface area (Å²) >= 11 is 0. The summed E-state index contributed by atoms with van der Waals surface area (Å²) in [4.78, 5) is 37.4. The Kier molecular flexibility index (Phi) is 4.40. The molecule has 1 heterocycles. The maximum absolute atomic E-state index is 12.5. The van der Waals surface area contributed by atoms with Crippen LogP contribution in [0.2, 0.25) is 0 Å². The van der Waals surface area contributed by atoms with E-state index in [0.717, 1.165) is 5.56 Å². The zero-order valence-corrected chi connectivity index (χ0v) is 12.5. The van der Waals surface area contributed by atoms with Crippen LogP contribution in [0.4, 0.5) is 4.79 Å². The number of carbonyl (C=O) groups excluding carboxylic acids is 3. The summed E-state index contributed by atoms with van der Waals surface area (Å²) in [6.45, 7) is 5.42. The molecule has 0 radical (unpaired) electrons. The van der Waals surface area contributed by atoms with Gasteiger partial charge in [0.1, 0.15) is 5.92 Å². The lowest BCUT2D eigenvalue weighted by atomic mass is 9.91. The molecule has 1 aliphatic rings. The highest BCUT2D eigenvalue weighted by atomic mass is 16.2. The van der Waals surface area contributed by atoms with Gasteiger partial charge in [0, 0.05) is 6.04 Å². The Balaban J connectivity index is 2.18. The van der Waals surface area contributed by atoms with Crippen LogP contribution in [-0.4, -0.2) is 28.8 Å². The molecule has 4 amide bonds. The normalized spacial score (nSPS) is 20.7. The van der Waals surface area contributed by atoms with E-state index in [-0.39, 0.29) is 12.0 Å². The van der Waals surface area contributed by atoms with Crippen molar-refractivity contribution in [2.24, 2.45) is 11.8 Å². The van der Waals surface area contributed by atoms with E-state index in [1.165, 1.54) is 4.90 Å². The molecule has 2 rings (SSSR count). The molecule has 0 spiro atoms. The molecule has 2 unspecified atom stereocenters. The Morgan fingerprint density at radius 1 is 1.10 bits per heavy atom. The van der Waals surface area contributed by atoms with Crippen LogP contribution in [0.25, 0.3) is 0 Å². The molecule has 5 nitrogen and oxygen atoms in total. The minimum Gasteiger partial charge on any atom is -0.277 e. The Bertz CT molecular complexity index is 554. The first-order valence-corrected chi connectivity index (χ1v) is 7.13. The number of nitrogens with zero attached hydrogens (tertiary/aromatic N) is 1. The molecule has 1 aliphatic heterocycles. The van der Waals surface area contributed by atoms with E-state index >= 15 is 0 Å². The number of rotatable bonds is 4. The van der Waals surface area contributed by atoms with Gasteiger partial charge in [-0.05, 0) is 24.8 Å². The fourth-order valence-corrected chi connectivity index (χ4v) is 2.66. The van der Waals surface area contributed by atoms with Crippen LogP contribution in [0.15, 0.2) is 30.3 Å². The standard InChI is InChI=1S/C16H20N2O3/c1-10(2)13-14(19)17-16(21)18(15(13)20)11(3)9-12-7-5-4-6-8-12/h4-8,10-11,13H,9H2,1-3H3,(H,17,19,21). The second-order valence-electron chi connectivity index (χ2n) is 5.76. The summed E-state index contributed by atoms with van der Waals surface area (Å²) in [7, 11) is 0. The van der Waals surface area contributed by atoms with E-state index in [4.69, 9.17) is 0 Å². The maximum Gasteiger partial charge on any atom is 0.331 e. The third-order valence-electron chi connectivity index (χ3n) is 3.72. The Morgan fingerprint density at radius 3 is 2.29 bits per heavy atom. The summed E-state index contributed by atoms with van der Waals surface area (Å²) in [5, 5.41) is 2.29. The molecule has 1 aromatic rings. The highest BCUT2D eigenvalue weighted by Crippen LogP contribution is 2.22. The number of barbiturate groups is 1. The van der Waals surface area contributed by atoms with Gasteiger partial charge in [0.25, 0.3) is 0 Å². The summed E-state index contributed by atoms with van der Waals surface area (Å²) in [5.74, 6) is -1.83. The van der Waals surface area contributed by atoms with E-state index in [0.29, 0.717) is 6.42 Å². The summed E-state index contributed by atoms with van der Waals surface area (Å²) in [5.41, 5.74) is 1.04. The van der Waals surface area contributed by atoms with Gasteiger partial charge < -0.3 is 0 Å². The van der Waals surface area contributed by atoms with Gasteiger partial charge in [-0.15, -0.1) is 0 Å². The molecule has 1 fully saturated rings. The first-order valence-electron chi connectivity index (χ1n) is 7.13. The first kappa shape index (κ1) is 15.2. The quantitative estimate of drug-likeness (QED) is 0.861. The number of amides is 4. The largest absolute Gasteiger partial charge is 0.331 e. The number of carbonyl (C=O) groups is 3. The number of imide groups is 2. The Labute approximate surface area is 124 Å². The van der Waals surface area contributed by atoms with Gasteiger partial charge in [0.15, 0.2) is 0 Å². The SMILES string of the molecule is CC(C)C1C(=O)NC(=O)N(C(C)Cc2ccccc2)C1=O. The highest BCUT2D eigenvalue weighted by molar-refractivity contribution is 6.16. The number of hydrogen-bond donors (Lipinski definition) is 1. The Hall–Kier alpha value is -2.17. The molecule has 112 valence electrons. The fraction of sp³-hybridized carbons (Fsp3) is 0.438. The van der Waals surface area contributed by atoms with E-state index in [9.17, 15) is 14.4 Å². The van der Waals surface area contributed by atoms with Gasteiger partial charge in [0.2, 0.25) is 11.8 Å². The molecule has 5 heteroatoms. The molecule has 2 atom stereocenters. The minimum absolute atomic E-state index is 0.142. The monoisotopic (exact) mass is 288 g/mol. The molecule has 1 aromatic carbocycles. The van der Waals surface area contributed by atoms with Crippen LogP contribution in [0.1, 0.15) is 26.3 Å². The lowest BCUT2D eigenvalue weighted by molar-refractivity contribution is -0.145. The number of hydrogen-bond acceptors (Lipinski definition) is 3. The average Bonchev–Trinajstić information content (AvgIpc) is 2.38. The van der Waals surface area contributed by atoms with Gasteiger partial charge in [-0.3, -0.25) is 19.8 Å². The van der Waals surface area contributed by atoms with Crippen LogP contribution in [0.3, 0.4) is 0 Å². The van der Waals surface area contributed by atoms with Crippen LogP contribution < -0.4 is 5.32 Å². The third kappa shape index (κ3) is 3.12. The predicted octanol–water partition coefficient (Wildman–Crippen LogP) is 1.97. The second-order valence-corrected chi connectivity index (χ2v) is 5.76. The van der Waals surface area contributed by atoms with Gasteiger partial charge in [-0.1, -0.05) is 44.2 Å². The van der Waals surface area contributed by atoms with Gasteiger partial charge in [-0.2, -0.15) is 0 Å². The lowest BCUT2D eigenvalue weighted by Gasteiger charge is -2.35. The van der Waals surface area contributed by atoms with Crippen LogP contribution in [-0.2, 0) is 16.0 Å². The van der Waals surface area contributed by atoms with Gasteiger partial charge >= 0.3 is 6.03 Å². The van der Waals surface area contributed by atoms with E-state index in [1.807, 2.05) is 37.3 Å². The van der Waals surface area contributed by atoms with Crippen molar-refractivity contribution < 1.29 is 14.4 Å². The fourth-order valence-electron chi connectivity index (χ4n) is 2.66. The Morgan fingerprint density at radius 2 is 1.71 bits per heavy atom. The van der Waals surface area contributed by atoms with E-state index in [2.05, 4.69) is 5.32 Å². The van der Waals surface area contributed by atoms with Crippen molar-refractivity contribution in [2.75, 3.05) is 0 Å². The highest BCUT2D eigenvalue weighted by Gasteiger charge is 2.43. The van der Waals surface area contributed by atoms with Crippen molar-refractivity contribution in [1.29, 1.82) is 0 Å². The lowest BCUT2D eigenvalue weighted by Crippen LogP contribution is -2.61. The molecule has 0 aliphatic carbocycles. The maximum atomic E-state index is 12.5. The van der Waals surface area contributed by atoms with Crippen molar-refractivity contribution in [1.82, 2.24) is 10.2 Å². The minimum atomic E-state index is -0.791. The molecule has 0 saturated carbocycles. The second kappa shape index (κ2) is 6.08. The summed E-state index contributed by atoms with van der Waals surface area (Å²) in [6.07, 6.45) is 0.568. The molecular weight excluding hydrogens is 268 g/mol. The third-order valence-corrected chi connectivity index (χ3v) is 3.72. The molecule has 1 saturated heterocycles. The smallest absolute Gasteiger partial charge is 0.277 e. The zero-order valence-electron chi connectivity index (χ0n) is 12.5. The van der Waals surface area contributed by atoms with E-state index in [1.54, 1.807) is 13.8 Å². The zero-order chi connectivity index (χ0) is 15.6. The predicted molar refractivity (Wildman–Crippen MR) is 78.3 cm³/mol. The first-order chi connectivity index (χ1) is 9.91. The van der Waals surface area contributed by atoms with Crippen molar-refractivity contribution in [3.05, 3.63) is 35.9 Å². The van der Waals surface area contributed by atoms with Crippen LogP contribution in [0.5, 0.6) is 0 Å². The topological polar surface area (TPSA) is 66.5 Å². The van der Waals surface area contributed by atoms with E-state index < -0.39 is 23.8 Å². The molecule has 1 N–H and O–H groups in total.